The Balaban J connectivity index is 2.55. The molecule has 0 saturated heterocycles. The zero-order valence-electron chi connectivity index (χ0n) is 10.3. The van der Waals surface area contributed by atoms with Crippen LogP contribution in [0.5, 0.6) is 0 Å². The number of esters is 1. The van der Waals surface area contributed by atoms with Crippen LogP contribution in [0.4, 0.5) is 13.2 Å². The molecule has 20 heavy (non-hydrogen) atoms. The summed E-state index contributed by atoms with van der Waals surface area (Å²) < 4.78 is 43.6. The van der Waals surface area contributed by atoms with Gasteiger partial charge in [0.1, 0.15) is 5.65 Å². The molecule has 0 amide bonds. The standard InChI is InChI=1S/C12H9F3N2O3/c1-20-10(19)3-9-5-17-4-8(12(13,14)15)2-7(6-18)11(17)16-9/h2,4-6H,3H2,1H3. The first-order valence-electron chi connectivity index (χ1n) is 5.46. The lowest BCUT2D eigenvalue weighted by Crippen LogP contribution is -2.07. The first-order valence-corrected chi connectivity index (χ1v) is 5.46. The topological polar surface area (TPSA) is 60.7 Å². The Kier molecular flexibility index (Phi) is 3.47. The maximum atomic E-state index is 12.7. The number of pyridine rings is 1. The molecule has 5 nitrogen and oxygen atoms in total. The molecule has 8 heteroatoms. The zero-order valence-corrected chi connectivity index (χ0v) is 10.3. The molecule has 2 heterocycles. The van der Waals surface area contributed by atoms with Crippen LogP contribution in [-0.4, -0.2) is 28.7 Å². The van der Waals surface area contributed by atoms with E-state index in [2.05, 4.69) is 9.72 Å². The summed E-state index contributed by atoms with van der Waals surface area (Å²) in [5.74, 6) is -0.572. The van der Waals surface area contributed by atoms with Crippen molar-refractivity contribution in [1.82, 2.24) is 9.38 Å². The Labute approximate surface area is 111 Å². The molecular weight excluding hydrogens is 277 g/mol. The Morgan fingerprint density at radius 1 is 1.45 bits per heavy atom. The van der Waals surface area contributed by atoms with Gasteiger partial charge >= 0.3 is 12.1 Å². The third kappa shape index (κ3) is 2.63. The number of methoxy groups -OCH3 is 1. The molecule has 0 spiro atoms. The predicted molar refractivity (Wildman–Crippen MR) is 61.3 cm³/mol. The van der Waals surface area contributed by atoms with Crippen molar-refractivity contribution < 1.29 is 27.5 Å². The lowest BCUT2D eigenvalue weighted by atomic mass is 10.2. The van der Waals surface area contributed by atoms with Gasteiger partial charge in [-0.25, -0.2) is 4.98 Å². The highest BCUT2D eigenvalue weighted by molar-refractivity contribution is 5.84. The van der Waals surface area contributed by atoms with Gasteiger partial charge in [-0.2, -0.15) is 13.2 Å². The molecule has 0 N–H and O–H groups in total. The second-order valence-electron chi connectivity index (χ2n) is 4.02. The number of rotatable bonds is 3. The van der Waals surface area contributed by atoms with E-state index in [1.54, 1.807) is 0 Å². The van der Waals surface area contributed by atoms with Crippen LogP contribution in [0.3, 0.4) is 0 Å². The van der Waals surface area contributed by atoms with Crippen molar-refractivity contribution in [2.45, 2.75) is 12.6 Å². The van der Waals surface area contributed by atoms with Crippen molar-refractivity contribution in [2.24, 2.45) is 0 Å². The largest absolute Gasteiger partial charge is 0.469 e. The Hall–Kier alpha value is -2.38. The highest BCUT2D eigenvalue weighted by Gasteiger charge is 2.32. The van der Waals surface area contributed by atoms with Gasteiger partial charge in [0, 0.05) is 12.4 Å². The van der Waals surface area contributed by atoms with E-state index >= 15 is 0 Å². The summed E-state index contributed by atoms with van der Waals surface area (Å²) in [7, 11) is 1.19. The fourth-order valence-electron chi connectivity index (χ4n) is 1.72. The number of alkyl halides is 3. The molecule has 0 aliphatic rings. The normalized spacial score (nSPS) is 11.6. The van der Waals surface area contributed by atoms with Gasteiger partial charge in [-0.05, 0) is 6.07 Å². The smallest absolute Gasteiger partial charge is 0.417 e. The summed E-state index contributed by atoms with van der Waals surface area (Å²) in [6.07, 6.45) is -2.39. The molecule has 0 unspecified atom stereocenters. The van der Waals surface area contributed by atoms with E-state index in [-0.39, 0.29) is 23.3 Å². The lowest BCUT2D eigenvalue weighted by molar-refractivity contribution is -0.140. The van der Waals surface area contributed by atoms with E-state index in [9.17, 15) is 22.8 Å². The van der Waals surface area contributed by atoms with Crippen LogP contribution in [0.2, 0.25) is 0 Å². The maximum Gasteiger partial charge on any atom is 0.417 e. The first-order chi connectivity index (χ1) is 9.35. The van der Waals surface area contributed by atoms with Crippen LogP contribution >= 0.6 is 0 Å². The van der Waals surface area contributed by atoms with Gasteiger partial charge in [0.05, 0.1) is 30.4 Å². The minimum absolute atomic E-state index is 0.0619. The summed E-state index contributed by atoms with van der Waals surface area (Å²) in [5.41, 5.74) is -0.878. The second kappa shape index (κ2) is 4.95. The average Bonchev–Trinajstić information content (AvgIpc) is 2.78. The molecular formula is C12H9F3N2O3. The van der Waals surface area contributed by atoms with Crippen LogP contribution < -0.4 is 0 Å². The summed E-state index contributed by atoms with van der Waals surface area (Å²) >= 11 is 0. The fourth-order valence-corrected chi connectivity index (χ4v) is 1.72. The fraction of sp³-hybridized carbons (Fsp3) is 0.250. The third-order valence-electron chi connectivity index (χ3n) is 2.64. The zero-order chi connectivity index (χ0) is 14.9. The summed E-state index contributed by atoms with van der Waals surface area (Å²) in [6.45, 7) is 0. The molecule has 0 aliphatic carbocycles. The number of halogens is 3. The Bertz CT molecular complexity index is 676. The predicted octanol–water partition coefficient (Wildman–Crippen LogP) is 1.88. The molecule has 0 saturated carbocycles. The van der Waals surface area contributed by atoms with E-state index < -0.39 is 17.7 Å². The van der Waals surface area contributed by atoms with Crippen molar-refractivity contribution >= 4 is 17.9 Å². The van der Waals surface area contributed by atoms with Crippen LogP contribution in [0, 0.1) is 0 Å². The van der Waals surface area contributed by atoms with Crippen LogP contribution in [0.15, 0.2) is 18.5 Å². The van der Waals surface area contributed by atoms with Crippen molar-refractivity contribution in [3.8, 4) is 0 Å². The molecule has 2 aromatic heterocycles. The highest BCUT2D eigenvalue weighted by Crippen LogP contribution is 2.30. The van der Waals surface area contributed by atoms with Crippen LogP contribution in [0.25, 0.3) is 5.65 Å². The van der Waals surface area contributed by atoms with Crippen LogP contribution in [0.1, 0.15) is 21.6 Å². The molecule has 2 aromatic rings. The molecule has 2 rings (SSSR count). The van der Waals surface area contributed by atoms with Gasteiger partial charge in [0.25, 0.3) is 0 Å². The quantitative estimate of drug-likeness (QED) is 0.638. The van der Waals surface area contributed by atoms with Gasteiger partial charge in [0.15, 0.2) is 6.29 Å². The summed E-state index contributed by atoms with van der Waals surface area (Å²) in [5, 5.41) is 0. The van der Waals surface area contributed by atoms with Gasteiger partial charge in [-0.1, -0.05) is 0 Å². The molecule has 0 fully saturated rings. The SMILES string of the molecule is COC(=O)Cc1cn2cc(C(F)(F)F)cc(C=O)c2n1. The molecule has 0 radical (unpaired) electrons. The van der Waals surface area contributed by atoms with E-state index in [1.165, 1.54) is 13.3 Å². The summed E-state index contributed by atoms with van der Waals surface area (Å²) in [6, 6.07) is 0.719. The van der Waals surface area contributed by atoms with Gasteiger partial charge < -0.3 is 9.14 Å². The molecule has 0 bridgehead atoms. The molecule has 0 aliphatic heterocycles. The molecule has 0 aromatic carbocycles. The number of carbonyl (C=O) groups excluding carboxylic acids is 2. The van der Waals surface area contributed by atoms with Crippen LogP contribution in [-0.2, 0) is 22.1 Å². The minimum Gasteiger partial charge on any atom is -0.469 e. The van der Waals surface area contributed by atoms with Crippen molar-refractivity contribution in [2.75, 3.05) is 7.11 Å². The van der Waals surface area contributed by atoms with Crippen molar-refractivity contribution in [1.29, 1.82) is 0 Å². The minimum atomic E-state index is -4.57. The van der Waals surface area contributed by atoms with Gasteiger partial charge in [0.2, 0.25) is 0 Å². The number of imidazole rings is 1. The number of carbonyl (C=O) groups is 2. The Morgan fingerprint density at radius 3 is 2.70 bits per heavy atom. The number of aldehydes is 1. The van der Waals surface area contributed by atoms with Crippen molar-refractivity contribution in [3.63, 3.8) is 0 Å². The third-order valence-corrected chi connectivity index (χ3v) is 2.64. The highest BCUT2D eigenvalue weighted by atomic mass is 19.4. The average molecular weight is 286 g/mol. The first kappa shape index (κ1) is 14.0. The van der Waals surface area contributed by atoms with Gasteiger partial charge in [-0.3, -0.25) is 9.59 Å². The van der Waals surface area contributed by atoms with Gasteiger partial charge in [-0.15, -0.1) is 0 Å². The Morgan fingerprint density at radius 2 is 2.15 bits per heavy atom. The number of nitrogens with zero attached hydrogens (tertiary/aromatic N) is 2. The monoisotopic (exact) mass is 286 g/mol. The van der Waals surface area contributed by atoms with E-state index in [4.69, 9.17) is 0 Å². The molecule has 0 atom stereocenters. The number of fused-ring (bicyclic) bond motifs is 1. The summed E-state index contributed by atoms with van der Waals surface area (Å²) in [4.78, 5) is 26.0. The second-order valence-corrected chi connectivity index (χ2v) is 4.02. The maximum absolute atomic E-state index is 12.7. The number of ether oxygens (including phenoxy) is 1. The van der Waals surface area contributed by atoms with E-state index in [1.807, 2.05) is 0 Å². The lowest BCUT2D eigenvalue weighted by Gasteiger charge is -2.07. The number of hydrogen-bond acceptors (Lipinski definition) is 4. The number of hydrogen-bond donors (Lipinski definition) is 0. The van der Waals surface area contributed by atoms with E-state index in [0.29, 0.717) is 6.29 Å². The van der Waals surface area contributed by atoms with Crippen molar-refractivity contribution in [3.05, 3.63) is 35.3 Å². The van der Waals surface area contributed by atoms with E-state index in [0.717, 1.165) is 16.7 Å². The molecule has 106 valence electrons. The number of aromatic nitrogens is 2.